The molecular formula is C22H36N4O. The third-order valence-corrected chi connectivity index (χ3v) is 5.85. The molecule has 5 nitrogen and oxygen atoms in total. The molecule has 1 aromatic heterocycles. The Kier molecular flexibility index (Phi) is 6.77. The normalized spacial score (nSPS) is 22.7. The number of hydrogen-bond donors (Lipinski definition) is 1. The first-order valence-electron chi connectivity index (χ1n) is 10.6. The van der Waals surface area contributed by atoms with E-state index in [9.17, 15) is 0 Å². The lowest BCUT2D eigenvalue weighted by Crippen LogP contribution is -2.46. The number of likely N-dealkylation sites (N-methyl/N-ethyl adjacent to an activating group) is 1. The van der Waals surface area contributed by atoms with E-state index in [0.717, 1.165) is 49.9 Å². The minimum atomic E-state index is 0.0692. The Balaban J connectivity index is 0.000000253. The molecule has 4 rings (SSSR count). The van der Waals surface area contributed by atoms with Crippen molar-refractivity contribution in [2.24, 2.45) is 11.1 Å². The van der Waals surface area contributed by atoms with Crippen LogP contribution in [0.3, 0.4) is 0 Å². The summed E-state index contributed by atoms with van der Waals surface area (Å²) in [6.45, 7) is 12.0. The molecule has 1 saturated heterocycles. The van der Waals surface area contributed by atoms with Gasteiger partial charge in [0, 0.05) is 37.6 Å². The van der Waals surface area contributed by atoms with Crippen LogP contribution in [0.4, 0.5) is 5.82 Å². The minimum Gasteiger partial charge on any atom is -0.354 e. The van der Waals surface area contributed by atoms with Crippen LogP contribution in [0.25, 0.3) is 12.2 Å². The van der Waals surface area contributed by atoms with Gasteiger partial charge < -0.3 is 20.1 Å². The molecule has 2 aliphatic carbocycles. The molecule has 0 radical (unpaired) electrons. The standard InChI is InChI=1S/C16H23N3O.C6H13N/c1-4-18-9-11-19(12-10-18)15-13-5-7-16(2,3)8-6-14(13)20-17-15;7-6-4-2-1-3-5-6/h5-8H,4,9-12H2,1-3H3;6H,1-5,7H2. The molecule has 1 aliphatic heterocycles. The van der Waals surface area contributed by atoms with Crippen LogP contribution in [0, 0.1) is 5.41 Å². The van der Waals surface area contributed by atoms with E-state index in [1.165, 1.54) is 32.1 Å². The first kappa shape index (κ1) is 20.2. The number of fused-ring (bicyclic) bond motifs is 1. The van der Waals surface area contributed by atoms with Gasteiger partial charge >= 0.3 is 0 Å². The summed E-state index contributed by atoms with van der Waals surface area (Å²) in [5.74, 6) is 1.87. The van der Waals surface area contributed by atoms with Crippen LogP contribution < -0.4 is 10.6 Å². The predicted octanol–water partition coefficient (Wildman–Crippen LogP) is 4.16. The monoisotopic (exact) mass is 372 g/mol. The van der Waals surface area contributed by atoms with Crippen molar-refractivity contribution >= 4 is 18.0 Å². The average molecular weight is 373 g/mol. The summed E-state index contributed by atoms with van der Waals surface area (Å²) in [7, 11) is 0. The van der Waals surface area contributed by atoms with E-state index >= 15 is 0 Å². The Morgan fingerprint density at radius 1 is 1.07 bits per heavy atom. The van der Waals surface area contributed by atoms with E-state index in [2.05, 4.69) is 54.0 Å². The van der Waals surface area contributed by atoms with Gasteiger partial charge in [0.2, 0.25) is 0 Å². The van der Waals surface area contributed by atoms with E-state index in [1.54, 1.807) is 0 Å². The Bertz CT molecular complexity index is 647. The summed E-state index contributed by atoms with van der Waals surface area (Å²) in [6, 6.07) is 0.536. The average Bonchev–Trinajstić information content (AvgIpc) is 3.02. The van der Waals surface area contributed by atoms with Crippen LogP contribution in [0.15, 0.2) is 16.7 Å². The van der Waals surface area contributed by atoms with Gasteiger partial charge in [-0.25, -0.2) is 0 Å². The molecular weight excluding hydrogens is 336 g/mol. The van der Waals surface area contributed by atoms with Crippen LogP contribution in [0.1, 0.15) is 64.2 Å². The van der Waals surface area contributed by atoms with Gasteiger partial charge in [0.25, 0.3) is 0 Å². The lowest BCUT2D eigenvalue weighted by atomic mass is 9.93. The van der Waals surface area contributed by atoms with Gasteiger partial charge in [-0.1, -0.05) is 63.4 Å². The van der Waals surface area contributed by atoms with Gasteiger partial charge in [0.1, 0.15) is 0 Å². The van der Waals surface area contributed by atoms with Crippen LogP contribution in [-0.2, 0) is 0 Å². The third-order valence-electron chi connectivity index (χ3n) is 5.85. The number of allylic oxidation sites excluding steroid dienone is 2. The van der Waals surface area contributed by atoms with E-state index < -0.39 is 0 Å². The molecule has 0 amide bonds. The summed E-state index contributed by atoms with van der Waals surface area (Å²) >= 11 is 0. The predicted molar refractivity (Wildman–Crippen MR) is 114 cm³/mol. The van der Waals surface area contributed by atoms with E-state index in [4.69, 9.17) is 10.3 Å². The first-order chi connectivity index (χ1) is 13.0. The summed E-state index contributed by atoms with van der Waals surface area (Å²) < 4.78 is 5.52. The van der Waals surface area contributed by atoms with E-state index in [1.807, 2.05) is 6.08 Å². The van der Waals surface area contributed by atoms with Gasteiger partial charge in [-0.2, -0.15) is 0 Å². The van der Waals surface area contributed by atoms with Crippen LogP contribution >= 0.6 is 0 Å². The zero-order valence-corrected chi connectivity index (χ0v) is 17.3. The van der Waals surface area contributed by atoms with Crippen molar-refractivity contribution in [3.8, 4) is 0 Å². The largest absolute Gasteiger partial charge is 0.354 e. The van der Waals surface area contributed by atoms with Gasteiger partial charge in [0.15, 0.2) is 11.6 Å². The fourth-order valence-electron chi connectivity index (χ4n) is 3.86. The number of rotatable bonds is 2. The molecule has 27 heavy (non-hydrogen) atoms. The zero-order chi connectivity index (χ0) is 19.3. The summed E-state index contributed by atoms with van der Waals surface area (Å²) in [4.78, 5) is 4.80. The highest BCUT2D eigenvalue weighted by molar-refractivity contribution is 5.73. The van der Waals surface area contributed by atoms with Crippen molar-refractivity contribution in [2.45, 2.75) is 58.9 Å². The minimum absolute atomic E-state index is 0.0692. The molecule has 0 atom stereocenters. The number of hydrogen-bond acceptors (Lipinski definition) is 5. The maximum absolute atomic E-state index is 5.63. The second kappa shape index (κ2) is 9.07. The topological polar surface area (TPSA) is 58.5 Å². The lowest BCUT2D eigenvalue weighted by Gasteiger charge is -2.34. The first-order valence-corrected chi connectivity index (χ1v) is 10.6. The number of anilines is 1. The van der Waals surface area contributed by atoms with Gasteiger partial charge in [-0.15, -0.1) is 0 Å². The number of nitrogens with zero attached hydrogens (tertiary/aromatic N) is 3. The second-order valence-electron chi connectivity index (χ2n) is 8.59. The van der Waals surface area contributed by atoms with Crippen LogP contribution in [0.5, 0.6) is 0 Å². The van der Waals surface area contributed by atoms with Gasteiger partial charge in [0.05, 0.1) is 5.56 Å². The van der Waals surface area contributed by atoms with Crippen molar-refractivity contribution in [1.82, 2.24) is 10.1 Å². The molecule has 2 heterocycles. The Hall–Kier alpha value is -1.59. The Morgan fingerprint density at radius 2 is 1.74 bits per heavy atom. The Morgan fingerprint density at radius 3 is 2.33 bits per heavy atom. The van der Waals surface area contributed by atoms with Gasteiger partial charge in [-0.05, 0) is 25.5 Å². The molecule has 0 bridgehead atoms. The molecule has 1 saturated carbocycles. The van der Waals surface area contributed by atoms with Crippen molar-refractivity contribution in [2.75, 3.05) is 37.6 Å². The molecule has 2 N–H and O–H groups in total. The SMILES string of the molecule is CCN1CCN(c2noc3c2C=CC(C)(C)C=C3)CC1.NC1CCCCC1. The molecule has 2 fully saturated rings. The highest BCUT2D eigenvalue weighted by Gasteiger charge is 2.24. The number of nitrogens with two attached hydrogens (primary N) is 1. The smallest absolute Gasteiger partial charge is 0.180 e. The van der Waals surface area contributed by atoms with E-state index in [0.29, 0.717) is 6.04 Å². The molecule has 150 valence electrons. The second-order valence-corrected chi connectivity index (χ2v) is 8.59. The summed E-state index contributed by atoms with van der Waals surface area (Å²) in [6.07, 6.45) is 15.3. The Labute approximate surface area is 164 Å². The maximum Gasteiger partial charge on any atom is 0.180 e. The highest BCUT2D eigenvalue weighted by atomic mass is 16.5. The molecule has 5 heteroatoms. The third kappa shape index (κ3) is 5.45. The molecule has 3 aliphatic rings. The van der Waals surface area contributed by atoms with Gasteiger partial charge in [-0.3, -0.25) is 0 Å². The van der Waals surface area contributed by atoms with Crippen molar-refractivity contribution < 1.29 is 4.52 Å². The molecule has 0 aromatic carbocycles. The van der Waals surface area contributed by atoms with Crippen molar-refractivity contribution in [3.63, 3.8) is 0 Å². The lowest BCUT2D eigenvalue weighted by molar-refractivity contribution is 0.269. The van der Waals surface area contributed by atoms with Crippen LogP contribution in [0.2, 0.25) is 0 Å². The molecule has 0 spiro atoms. The number of piperazine rings is 1. The fourth-order valence-corrected chi connectivity index (χ4v) is 3.86. The van der Waals surface area contributed by atoms with Crippen LogP contribution in [-0.4, -0.2) is 48.8 Å². The summed E-state index contributed by atoms with van der Waals surface area (Å²) in [5, 5.41) is 4.29. The molecule has 0 unspecified atom stereocenters. The fraction of sp³-hybridized carbons (Fsp3) is 0.682. The maximum atomic E-state index is 5.63. The van der Waals surface area contributed by atoms with E-state index in [-0.39, 0.29) is 5.41 Å². The number of aromatic nitrogens is 1. The highest BCUT2D eigenvalue weighted by Crippen LogP contribution is 2.33. The zero-order valence-electron chi connectivity index (χ0n) is 17.3. The summed E-state index contributed by atoms with van der Waals surface area (Å²) in [5.41, 5.74) is 6.83. The molecule has 1 aromatic rings. The quantitative estimate of drug-likeness (QED) is 0.845. The van der Waals surface area contributed by atoms with Crippen molar-refractivity contribution in [1.29, 1.82) is 0 Å². The van der Waals surface area contributed by atoms with Crippen molar-refractivity contribution in [3.05, 3.63) is 23.5 Å².